The van der Waals surface area contributed by atoms with Crippen molar-refractivity contribution in [2.45, 2.75) is 20.3 Å². The van der Waals surface area contributed by atoms with E-state index in [9.17, 15) is 14.9 Å². The summed E-state index contributed by atoms with van der Waals surface area (Å²) in [5, 5.41) is 13.6. The minimum Gasteiger partial charge on any atom is -0.444 e. The summed E-state index contributed by atoms with van der Waals surface area (Å²) in [4.78, 5) is 22.5. The summed E-state index contributed by atoms with van der Waals surface area (Å²) in [6.45, 7) is 3.59. The van der Waals surface area contributed by atoms with Gasteiger partial charge in [-0.2, -0.15) is 0 Å². The van der Waals surface area contributed by atoms with E-state index in [0.717, 1.165) is 0 Å². The number of carbonyl (C=O) groups excluding carboxylic acids is 1. The molecule has 0 radical (unpaired) electrons. The van der Waals surface area contributed by atoms with Crippen LogP contribution in [0.5, 0.6) is 0 Å². The number of hydrogen-bond donors (Lipinski definition) is 1. The van der Waals surface area contributed by atoms with Crippen LogP contribution in [0.15, 0.2) is 33.4 Å². The van der Waals surface area contributed by atoms with Gasteiger partial charge in [0.15, 0.2) is 10.4 Å². The van der Waals surface area contributed by atoms with Crippen molar-refractivity contribution in [3.63, 3.8) is 0 Å². The van der Waals surface area contributed by atoms with E-state index in [1.54, 1.807) is 19.1 Å². The number of benzene rings is 1. The van der Waals surface area contributed by atoms with Crippen LogP contribution in [0.25, 0.3) is 0 Å². The van der Waals surface area contributed by atoms with Crippen LogP contribution in [0.1, 0.15) is 28.6 Å². The Morgan fingerprint density at radius 3 is 2.67 bits per heavy atom. The molecular formula is C14H13BrN2O4. The highest BCUT2D eigenvalue weighted by molar-refractivity contribution is 9.10. The van der Waals surface area contributed by atoms with Crippen molar-refractivity contribution in [2.24, 2.45) is 0 Å². The van der Waals surface area contributed by atoms with Crippen molar-refractivity contribution in [1.29, 1.82) is 0 Å². The molecule has 0 bridgehead atoms. The Labute approximate surface area is 129 Å². The molecule has 2 rings (SSSR count). The summed E-state index contributed by atoms with van der Waals surface area (Å²) in [6, 6.07) is 6.08. The van der Waals surface area contributed by atoms with Gasteiger partial charge in [0.05, 0.1) is 4.92 Å². The van der Waals surface area contributed by atoms with Gasteiger partial charge in [0.1, 0.15) is 0 Å². The average Bonchev–Trinajstić information content (AvgIpc) is 2.87. The second-order valence-electron chi connectivity index (χ2n) is 4.47. The minimum absolute atomic E-state index is 0.0168. The largest absolute Gasteiger partial charge is 0.444 e. The maximum Gasteiger partial charge on any atom is 0.291 e. The lowest BCUT2D eigenvalue weighted by Crippen LogP contribution is -2.13. The number of non-ortho nitro benzene ring substituents is 1. The van der Waals surface area contributed by atoms with Gasteiger partial charge in [-0.15, -0.1) is 0 Å². The molecule has 0 saturated carbocycles. The summed E-state index contributed by atoms with van der Waals surface area (Å²) in [6.07, 6.45) is 0.569. The smallest absolute Gasteiger partial charge is 0.291 e. The van der Waals surface area contributed by atoms with Crippen molar-refractivity contribution in [1.82, 2.24) is 0 Å². The molecular weight excluding hydrogens is 340 g/mol. The SMILES string of the molecule is CCc1cc([N+](=O)[O-])cc(C)c1NC(=O)c1ccc(Br)o1. The van der Waals surface area contributed by atoms with Crippen LogP contribution in [0.3, 0.4) is 0 Å². The number of carbonyl (C=O) groups is 1. The van der Waals surface area contributed by atoms with Crippen LogP contribution in [-0.4, -0.2) is 10.8 Å². The van der Waals surface area contributed by atoms with Crippen LogP contribution >= 0.6 is 15.9 Å². The van der Waals surface area contributed by atoms with Gasteiger partial charge in [-0.05, 0) is 52.5 Å². The summed E-state index contributed by atoms with van der Waals surface area (Å²) in [7, 11) is 0. The summed E-state index contributed by atoms with van der Waals surface area (Å²) >= 11 is 3.13. The summed E-state index contributed by atoms with van der Waals surface area (Å²) in [5.41, 5.74) is 1.95. The lowest BCUT2D eigenvalue weighted by molar-refractivity contribution is -0.384. The minimum atomic E-state index is -0.443. The fourth-order valence-corrected chi connectivity index (χ4v) is 2.32. The first-order valence-electron chi connectivity index (χ1n) is 6.27. The Morgan fingerprint density at radius 2 is 2.14 bits per heavy atom. The summed E-state index contributed by atoms with van der Waals surface area (Å²) < 4.78 is 5.65. The van der Waals surface area contributed by atoms with Gasteiger partial charge in [-0.25, -0.2) is 0 Å². The standard InChI is InChI=1S/C14H13BrN2O4/c1-3-9-7-10(17(19)20)6-8(2)13(9)16-14(18)11-4-5-12(15)21-11/h4-7H,3H2,1-2H3,(H,16,18). The van der Waals surface area contributed by atoms with E-state index in [0.29, 0.717) is 27.9 Å². The molecule has 6 nitrogen and oxygen atoms in total. The fourth-order valence-electron chi connectivity index (χ4n) is 2.01. The molecule has 0 aliphatic carbocycles. The highest BCUT2D eigenvalue weighted by Crippen LogP contribution is 2.28. The molecule has 0 unspecified atom stereocenters. The topological polar surface area (TPSA) is 85.4 Å². The number of furan rings is 1. The highest BCUT2D eigenvalue weighted by atomic mass is 79.9. The number of nitrogens with zero attached hydrogens (tertiary/aromatic N) is 1. The lowest BCUT2D eigenvalue weighted by atomic mass is 10.0. The Bertz CT molecular complexity index is 709. The number of halogens is 1. The molecule has 0 fully saturated rings. The zero-order valence-corrected chi connectivity index (χ0v) is 13.1. The van der Waals surface area contributed by atoms with Gasteiger partial charge in [0.2, 0.25) is 0 Å². The molecule has 7 heteroatoms. The van der Waals surface area contributed by atoms with Crippen LogP contribution in [0.4, 0.5) is 11.4 Å². The Morgan fingerprint density at radius 1 is 1.43 bits per heavy atom. The second-order valence-corrected chi connectivity index (χ2v) is 5.25. The number of aryl methyl sites for hydroxylation is 2. The number of nitrogens with one attached hydrogen (secondary N) is 1. The van der Waals surface area contributed by atoms with E-state index in [1.165, 1.54) is 12.1 Å². The van der Waals surface area contributed by atoms with Gasteiger partial charge in [0, 0.05) is 17.8 Å². The van der Waals surface area contributed by atoms with Gasteiger partial charge in [-0.3, -0.25) is 14.9 Å². The first kappa shape index (κ1) is 15.2. The predicted octanol–water partition coefficient (Wildman–Crippen LogP) is 4.07. The fraction of sp³-hybridized carbons (Fsp3) is 0.214. The molecule has 1 heterocycles. The van der Waals surface area contributed by atoms with E-state index in [2.05, 4.69) is 21.2 Å². The molecule has 0 atom stereocenters. The van der Waals surface area contributed by atoms with Crippen LogP contribution in [0, 0.1) is 17.0 Å². The van der Waals surface area contributed by atoms with Crippen LogP contribution in [-0.2, 0) is 6.42 Å². The van der Waals surface area contributed by atoms with Gasteiger partial charge < -0.3 is 9.73 Å². The van der Waals surface area contributed by atoms with Gasteiger partial charge in [0.25, 0.3) is 11.6 Å². The highest BCUT2D eigenvalue weighted by Gasteiger charge is 2.17. The number of hydrogen-bond acceptors (Lipinski definition) is 4. The van der Waals surface area contributed by atoms with E-state index >= 15 is 0 Å². The molecule has 2 aromatic rings. The molecule has 0 aliphatic heterocycles. The van der Waals surface area contributed by atoms with Crippen molar-refractivity contribution >= 4 is 33.2 Å². The zero-order valence-electron chi connectivity index (χ0n) is 11.5. The molecule has 1 aromatic carbocycles. The van der Waals surface area contributed by atoms with E-state index in [-0.39, 0.29) is 11.4 Å². The van der Waals surface area contributed by atoms with Crippen LogP contribution < -0.4 is 5.32 Å². The van der Waals surface area contributed by atoms with E-state index in [4.69, 9.17) is 4.42 Å². The van der Waals surface area contributed by atoms with Crippen molar-refractivity contribution in [3.05, 3.63) is 55.9 Å². The predicted molar refractivity (Wildman–Crippen MR) is 81.6 cm³/mol. The Hall–Kier alpha value is -2.15. The van der Waals surface area contributed by atoms with Gasteiger partial charge >= 0.3 is 0 Å². The van der Waals surface area contributed by atoms with Crippen LogP contribution in [0.2, 0.25) is 0 Å². The number of nitro benzene ring substituents is 1. The number of amides is 1. The normalized spacial score (nSPS) is 10.4. The van der Waals surface area contributed by atoms with E-state index in [1.807, 2.05) is 6.92 Å². The monoisotopic (exact) mass is 352 g/mol. The van der Waals surface area contributed by atoms with Gasteiger partial charge in [-0.1, -0.05) is 6.92 Å². The third-order valence-electron chi connectivity index (χ3n) is 3.03. The molecule has 0 aliphatic rings. The molecule has 1 aromatic heterocycles. The number of rotatable bonds is 4. The second kappa shape index (κ2) is 6.09. The first-order valence-corrected chi connectivity index (χ1v) is 7.06. The third-order valence-corrected chi connectivity index (χ3v) is 3.46. The zero-order chi connectivity index (χ0) is 15.6. The van der Waals surface area contributed by atoms with E-state index < -0.39 is 10.8 Å². The molecule has 0 spiro atoms. The molecule has 0 saturated heterocycles. The number of nitro groups is 1. The quantitative estimate of drug-likeness (QED) is 0.663. The van der Waals surface area contributed by atoms with Crippen molar-refractivity contribution < 1.29 is 14.1 Å². The van der Waals surface area contributed by atoms with Crippen molar-refractivity contribution in [3.8, 4) is 0 Å². The number of anilines is 1. The average molecular weight is 353 g/mol. The first-order chi connectivity index (χ1) is 9.92. The molecule has 21 heavy (non-hydrogen) atoms. The molecule has 110 valence electrons. The third kappa shape index (κ3) is 3.30. The Balaban J connectivity index is 2.35. The lowest BCUT2D eigenvalue weighted by Gasteiger charge is -2.12. The Kier molecular flexibility index (Phi) is 4.42. The molecule has 1 N–H and O–H groups in total. The maximum absolute atomic E-state index is 12.1. The summed E-state index contributed by atoms with van der Waals surface area (Å²) in [5.74, 6) is -0.228. The maximum atomic E-state index is 12.1. The van der Waals surface area contributed by atoms with Crippen molar-refractivity contribution in [2.75, 3.05) is 5.32 Å². The molecule has 1 amide bonds.